The first-order chi connectivity index (χ1) is 5.27. The Morgan fingerprint density at radius 2 is 2.27 bits per heavy atom. The van der Waals surface area contributed by atoms with Crippen LogP contribution in [0.1, 0.15) is 5.56 Å². The molecule has 1 nitrogen and oxygen atoms in total. The topological polar surface area (TPSA) is 12.4 Å². The number of nitrogens with zero attached hydrogens (tertiary/aromatic N) is 1. The Bertz CT molecular complexity index is 337. The molecule has 54 valence electrons. The first-order valence-electron chi connectivity index (χ1n) is 3.06. The molecule has 0 amide bonds. The normalized spacial score (nSPS) is 14.5. The van der Waals surface area contributed by atoms with E-state index in [0.717, 1.165) is 4.47 Å². The van der Waals surface area contributed by atoms with Gasteiger partial charge in [0.25, 0.3) is 0 Å². The molecule has 0 atom stereocenters. The van der Waals surface area contributed by atoms with Gasteiger partial charge in [-0.1, -0.05) is 0 Å². The Morgan fingerprint density at radius 1 is 1.45 bits per heavy atom. The molecule has 0 saturated carbocycles. The van der Waals surface area contributed by atoms with Gasteiger partial charge in [0.1, 0.15) is 0 Å². The Hall–Kier alpha value is 0.899. The van der Waals surface area contributed by atoms with Gasteiger partial charge in [-0.15, -0.1) is 0 Å². The van der Waals surface area contributed by atoms with Crippen molar-refractivity contribution in [1.29, 1.82) is 0 Å². The number of benzene rings is 1. The zero-order valence-electron chi connectivity index (χ0n) is 5.44. The van der Waals surface area contributed by atoms with Gasteiger partial charge in [0, 0.05) is 0 Å². The summed E-state index contributed by atoms with van der Waals surface area (Å²) in [5.41, 5.74) is 1.35. The van der Waals surface area contributed by atoms with Gasteiger partial charge < -0.3 is 0 Å². The van der Waals surface area contributed by atoms with Crippen LogP contribution >= 0.6 is 38.5 Å². The molecule has 0 bridgehead atoms. The third kappa shape index (κ3) is 1.65. The van der Waals surface area contributed by atoms with Crippen molar-refractivity contribution < 1.29 is 0 Å². The van der Waals surface area contributed by atoms with Gasteiger partial charge in [-0.2, -0.15) is 0 Å². The van der Waals surface area contributed by atoms with E-state index >= 15 is 0 Å². The van der Waals surface area contributed by atoms with Gasteiger partial charge in [0.05, 0.1) is 0 Å². The molecule has 0 fully saturated rings. The maximum absolute atomic E-state index is 4.50. The SMILES string of the molecule is Brc1cc[c]2c(c1)C(I)=[N][Sn]2. The predicted molar refractivity (Wildman–Crippen MR) is 60.1 cm³/mol. The standard InChI is InChI=1S/C7H3BrIN.Sn/c8-6-3-1-2-5(4-6)7(9)10;/h1,3-4H;/q-1;+1. The van der Waals surface area contributed by atoms with Crippen LogP contribution < -0.4 is 3.58 Å². The van der Waals surface area contributed by atoms with Crippen molar-refractivity contribution in [3.05, 3.63) is 28.2 Å². The second-order valence-electron chi connectivity index (χ2n) is 2.20. The van der Waals surface area contributed by atoms with E-state index in [1.54, 1.807) is 0 Å². The van der Waals surface area contributed by atoms with Crippen LogP contribution in [0.4, 0.5) is 0 Å². The molecule has 0 saturated heterocycles. The molecule has 1 aromatic carbocycles. The van der Waals surface area contributed by atoms with Crippen molar-refractivity contribution in [3.63, 3.8) is 0 Å². The van der Waals surface area contributed by atoms with E-state index in [1.807, 2.05) is 0 Å². The van der Waals surface area contributed by atoms with Crippen LogP contribution in [0, 0.1) is 0 Å². The molecule has 1 aliphatic heterocycles. The summed E-state index contributed by atoms with van der Waals surface area (Å²) in [5.74, 6) is 0. The summed E-state index contributed by atoms with van der Waals surface area (Å²) in [7, 11) is 0. The van der Waals surface area contributed by atoms with Gasteiger partial charge >= 0.3 is 98.7 Å². The van der Waals surface area contributed by atoms with Crippen LogP contribution in [0.15, 0.2) is 25.9 Å². The van der Waals surface area contributed by atoms with Gasteiger partial charge in [-0.25, -0.2) is 0 Å². The second-order valence-corrected chi connectivity index (χ2v) is 6.96. The quantitative estimate of drug-likeness (QED) is 0.444. The average Bonchev–Trinajstić information content (AvgIpc) is 2.33. The van der Waals surface area contributed by atoms with Gasteiger partial charge in [-0.05, 0) is 0 Å². The average molecular weight is 427 g/mol. The van der Waals surface area contributed by atoms with E-state index < -0.39 is 21.4 Å². The van der Waals surface area contributed by atoms with Crippen LogP contribution in [0.3, 0.4) is 0 Å². The van der Waals surface area contributed by atoms with Crippen LogP contribution in [0.2, 0.25) is 0 Å². The summed E-state index contributed by atoms with van der Waals surface area (Å²) in [6.07, 6.45) is 0. The monoisotopic (exact) mass is 427 g/mol. The third-order valence-corrected chi connectivity index (χ3v) is 6.98. The number of fused-ring (bicyclic) bond motifs is 1. The van der Waals surface area contributed by atoms with Crippen LogP contribution in [0.25, 0.3) is 0 Å². The molecule has 11 heavy (non-hydrogen) atoms. The van der Waals surface area contributed by atoms with Crippen LogP contribution in [0.5, 0.6) is 0 Å². The summed E-state index contributed by atoms with van der Waals surface area (Å²) < 4.78 is 8.35. The minimum absolute atomic E-state index is 0.572. The number of halogens is 2. The van der Waals surface area contributed by atoms with E-state index in [-0.39, 0.29) is 0 Å². The van der Waals surface area contributed by atoms with Crippen molar-refractivity contribution in [2.45, 2.75) is 0 Å². The second kappa shape index (κ2) is 3.33. The van der Waals surface area contributed by atoms with Gasteiger partial charge in [-0.3, -0.25) is 0 Å². The number of hydrogen-bond donors (Lipinski definition) is 0. The molecule has 0 aromatic heterocycles. The van der Waals surface area contributed by atoms with E-state index in [0.29, 0.717) is 0 Å². The summed E-state index contributed by atoms with van der Waals surface area (Å²) in [4.78, 5) is 0. The van der Waals surface area contributed by atoms with Crippen molar-refractivity contribution in [1.82, 2.24) is 0 Å². The molecule has 1 aliphatic rings. The van der Waals surface area contributed by atoms with Crippen molar-refractivity contribution in [2.24, 2.45) is 3.21 Å². The summed E-state index contributed by atoms with van der Waals surface area (Å²) in [6, 6.07) is 6.46. The van der Waals surface area contributed by atoms with Crippen LogP contribution in [-0.2, 0) is 0 Å². The Balaban J connectivity index is 2.60. The molecular formula is C7H3BrINSn. The van der Waals surface area contributed by atoms with Gasteiger partial charge in [0.2, 0.25) is 0 Å². The van der Waals surface area contributed by atoms with E-state index in [4.69, 9.17) is 0 Å². The molecule has 2 rings (SSSR count). The summed E-state index contributed by atoms with van der Waals surface area (Å²) >= 11 is 5.19. The third-order valence-electron chi connectivity index (χ3n) is 1.48. The number of hydrogen-bond acceptors (Lipinski definition) is 1. The molecule has 0 N–H and O–H groups in total. The molecule has 1 aromatic rings. The fraction of sp³-hybridized carbons (Fsp3) is 0. The molecule has 0 aliphatic carbocycles. The Labute approximate surface area is 97.5 Å². The van der Waals surface area contributed by atoms with Crippen molar-refractivity contribution in [2.75, 3.05) is 0 Å². The fourth-order valence-electron chi connectivity index (χ4n) is 0.954. The van der Waals surface area contributed by atoms with E-state index in [9.17, 15) is 0 Å². The first kappa shape index (κ1) is 8.49. The van der Waals surface area contributed by atoms with Crippen LogP contribution in [-0.4, -0.2) is 25.1 Å². The zero-order valence-corrected chi connectivity index (χ0v) is 12.0. The fourth-order valence-corrected chi connectivity index (χ4v) is 5.60. The van der Waals surface area contributed by atoms with Crippen molar-refractivity contribution in [3.8, 4) is 0 Å². The van der Waals surface area contributed by atoms with E-state index in [2.05, 4.69) is 59.9 Å². The maximum atomic E-state index is 4.50. The zero-order chi connectivity index (χ0) is 7.84. The summed E-state index contributed by atoms with van der Waals surface area (Å²) in [6.45, 7) is 0. The van der Waals surface area contributed by atoms with E-state index in [1.165, 1.54) is 12.9 Å². The molecule has 2 radical (unpaired) electrons. The van der Waals surface area contributed by atoms with Gasteiger partial charge in [0.15, 0.2) is 0 Å². The van der Waals surface area contributed by atoms with Crippen molar-refractivity contribution >= 4 is 67.2 Å². The summed E-state index contributed by atoms with van der Waals surface area (Å²) in [5, 5.41) is 0. The Kier molecular flexibility index (Phi) is 2.57. The molecule has 0 spiro atoms. The number of rotatable bonds is 0. The predicted octanol–water partition coefficient (Wildman–Crippen LogP) is 1.89. The molecule has 0 unspecified atom stereocenters. The minimum atomic E-state index is -0.572. The Morgan fingerprint density at radius 3 is 3.09 bits per heavy atom. The first-order valence-corrected chi connectivity index (χ1v) is 7.64. The molecule has 4 heteroatoms. The molecular weight excluding hydrogens is 424 g/mol. The molecule has 1 heterocycles.